The van der Waals surface area contributed by atoms with Gasteiger partial charge in [-0.1, -0.05) is 6.07 Å². The van der Waals surface area contributed by atoms with Gasteiger partial charge in [0.05, 0.1) is 25.8 Å². The molecule has 41 heavy (non-hydrogen) atoms. The Morgan fingerprint density at radius 2 is 1.63 bits per heavy atom. The summed E-state index contributed by atoms with van der Waals surface area (Å²) in [7, 11) is 0. The van der Waals surface area contributed by atoms with E-state index in [1.807, 2.05) is 36.2 Å². The van der Waals surface area contributed by atoms with Crippen molar-refractivity contribution in [1.29, 1.82) is 0 Å². The third-order valence-corrected chi connectivity index (χ3v) is 5.91. The van der Waals surface area contributed by atoms with Gasteiger partial charge in [0, 0.05) is 31.1 Å². The summed E-state index contributed by atoms with van der Waals surface area (Å²) in [6.07, 6.45) is -4.66. The molecule has 10 nitrogen and oxygen atoms in total. The highest BCUT2D eigenvalue weighted by atomic mass is 19.4. The largest absolute Gasteiger partial charge is 0.490 e. The Bertz CT molecular complexity index is 1190. The van der Waals surface area contributed by atoms with Crippen molar-refractivity contribution in [3.8, 4) is 0 Å². The molecule has 2 fully saturated rings. The third kappa shape index (κ3) is 10.3. The monoisotopic (exact) mass is 595 g/mol. The molecule has 16 heteroatoms. The second-order valence-electron chi connectivity index (χ2n) is 9.19. The van der Waals surface area contributed by atoms with Gasteiger partial charge in [-0.2, -0.15) is 26.3 Å². The highest BCUT2D eigenvalue weighted by molar-refractivity contribution is 5.93. The van der Waals surface area contributed by atoms with Crippen LogP contribution in [0, 0.1) is 13.8 Å². The molecular weight excluding hydrogens is 568 g/mol. The summed E-state index contributed by atoms with van der Waals surface area (Å²) in [4.78, 5) is 40.7. The molecule has 2 saturated heterocycles. The summed E-state index contributed by atoms with van der Waals surface area (Å²) < 4.78 is 75.7. The number of aryl methyl sites for hydroxylation is 2. The van der Waals surface area contributed by atoms with E-state index in [9.17, 15) is 31.1 Å². The number of nitrogens with zero attached hydrogens (tertiary/aromatic N) is 3. The Morgan fingerprint density at radius 1 is 1.05 bits per heavy atom. The van der Waals surface area contributed by atoms with E-state index in [2.05, 4.69) is 16.9 Å². The fourth-order valence-electron chi connectivity index (χ4n) is 3.82. The quantitative estimate of drug-likeness (QED) is 0.503. The van der Waals surface area contributed by atoms with Gasteiger partial charge < -0.3 is 24.6 Å². The standard InChI is InChI=1S/C21H25N3O3.2C2HF3O2/c1-15-6-8-22-11-17(15)12-26-18-7-9-27-21(10-18)13-24(14-21)20(25)19-5-3-4-16(2)23-19;2*3-2(4,5)1(6)7/h3-6,8,11,18H,7,9-10,12-14H2,1-2H3;2*(H,6,7). The molecule has 2 aliphatic rings. The van der Waals surface area contributed by atoms with E-state index in [4.69, 9.17) is 29.3 Å². The molecule has 0 saturated carbocycles. The normalized spacial score (nSPS) is 17.8. The molecule has 1 atom stereocenters. The van der Waals surface area contributed by atoms with E-state index in [1.54, 1.807) is 12.3 Å². The lowest BCUT2D eigenvalue weighted by Crippen LogP contribution is -2.67. The molecule has 0 aliphatic carbocycles. The van der Waals surface area contributed by atoms with Crippen LogP contribution in [0.1, 0.15) is 40.2 Å². The van der Waals surface area contributed by atoms with Crippen LogP contribution >= 0.6 is 0 Å². The predicted molar refractivity (Wildman–Crippen MR) is 128 cm³/mol. The van der Waals surface area contributed by atoms with E-state index >= 15 is 0 Å². The van der Waals surface area contributed by atoms with Gasteiger partial charge in [0.15, 0.2) is 0 Å². The molecule has 2 aromatic rings. The Morgan fingerprint density at radius 3 is 2.15 bits per heavy atom. The Kier molecular flexibility index (Phi) is 11.2. The molecular formula is C25H27F6N3O7. The number of amides is 1. The molecule has 1 spiro atoms. The van der Waals surface area contributed by atoms with Crippen LogP contribution in [0.25, 0.3) is 0 Å². The minimum Gasteiger partial charge on any atom is -0.475 e. The smallest absolute Gasteiger partial charge is 0.475 e. The number of hydrogen-bond donors (Lipinski definition) is 2. The lowest BCUT2D eigenvalue weighted by Gasteiger charge is -2.52. The van der Waals surface area contributed by atoms with E-state index in [-0.39, 0.29) is 17.6 Å². The third-order valence-electron chi connectivity index (χ3n) is 5.91. The number of halogens is 6. The van der Waals surface area contributed by atoms with Crippen LogP contribution in [0.5, 0.6) is 0 Å². The first-order valence-corrected chi connectivity index (χ1v) is 11.9. The van der Waals surface area contributed by atoms with Crippen LogP contribution in [0.15, 0.2) is 36.7 Å². The van der Waals surface area contributed by atoms with Crippen molar-refractivity contribution in [2.24, 2.45) is 0 Å². The Balaban J connectivity index is 0.000000349. The van der Waals surface area contributed by atoms with Crippen molar-refractivity contribution in [3.63, 3.8) is 0 Å². The summed E-state index contributed by atoms with van der Waals surface area (Å²) in [6, 6.07) is 7.53. The summed E-state index contributed by atoms with van der Waals surface area (Å²) in [5.41, 5.74) is 3.39. The Labute approximate surface area is 229 Å². The molecule has 226 valence electrons. The van der Waals surface area contributed by atoms with Crippen molar-refractivity contribution in [2.45, 2.75) is 57.4 Å². The van der Waals surface area contributed by atoms with Crippen molar-refractivity contribution in [2.75, 3.05) is 19.7 Å². The zero-order valence-corrected chi connectivity index (χ0v) is 21.8. The van der Waals surface area contributed by atoms with E-state index in [1.165, 1.54) is 5.56 Å². The lowest BCUT2D eigenvalue weighted by atomic mass is 9.84. The average Bonchev–Trinajstić information content (AvgIpc) is 2.86. The van der Waals surface area contributed by atoms with Crippen molar-refractivity contribution in [1.82, 2.24) is 14.9 Å². The van der Waals surface area contributed by atoms with Crippen LogP contribution in [0.2, 0.25) is 0 Å². The van der Waals surface area contributed by atoms with E-state index < -0.39 is 24.3 Å². The van der Waals surface area contributed by atoms with Crippen LogP contribution in [-0.2, 0) is 25.7 Å². The van der Waals surface area contributed by atoms with Crippen LogP contribution in [0.3, 0.4) is 0 Å². The number of rotatable bonds is 4. The molecule has 2 aliphatic heterocycles. The molecule has 2 N–H and O–H groups in total. The number of ether oxygens (including phenoxy) is 2. The number of pyridine rings is 2. The summed E-state index contributed by atoms with van der Waals surface area (Å²) >= 11 is 0. The summed E-state index contributed by atoms with van der Waals surface area (Å²) in [5, 5.41) is 14.2. The van der Waals surface area contributed by atoms with Crippen molar-refractivity contribution < 1.29 is 60.4 Å². The molecule has 0 aromatic carbocycles. The number of aromatic nitrogens is 2. The minimum atomic E-state index is -5.08. The maximum Gasteiger partial charge on any atom is 0.490 e. The first-order valence-electron chi connectivity index (χ1n) is 11.9. The van der Waals surface area contributed by atoms with Gasteiger partial charge in [-0.3, -0.25) is 9.78 Å². The van der Waals surface area contributed by atoms with E-state index in [0.29, 0.717) is 32.0 Å². The lowest BCUT2D eigenvalue weighted by molar-refractivity contribution is -0.193. The number of carboxylic acid groups (broad SMARTS) is 2. The fraction of sp³-hybridized carbons (Fsp3) is 0.480. The zero-order chi connectivity index (χ0) is 31.0. The molecule has 4 heterocycles. The average molecular weight is 595 g/mol. The molecule has 2 aromatic heterocycles. The van der Waals surface area contributed by atoms with Gasteiger partial charge in [-0.25, -0.2) is 14.6 Å². The van der Waals surface area contributed by atoms with E-state index in [0.717, 1.165) is 24.1 Å². The predicted octanol–water partition coefficient (Wildman–Crippen LogP) is 3.95. The molecule has 1 unspecified atom stereocenters. The first kappa shape index (κ1) is 33.4. The van der Waals surface area contributed by atoms with Gasteiger partial charge in [-0.15, -0.1) is 0 Å². The summed E-state index contributed by atoms with van der Waals surface area (Å²) in [5.74, 6) is -5.54. The van der Waals surface area contributed by atoms with Crippen LogP contribution in [0.4, 0.5) is 26.3 Å². The molecule has 0 radical (unpaired) electrons. The van der Waals surface area contributed by atoms with Gasteiger partial charge in [0.25, 0.3) is 5.91 Å². The molecule has 1 amide bonds. The fourth-order valence-corrected chi connectivity index (χ4v) is 3.82. The number of likely N-dealkylation sites (tertiary alicyclic amines) is 1. The zero-order valence-electron chi connectivity index (χ0n) is 21.8. The highest BCUT2D eigenvalue weighted by Gasteiger charge is 2.50. The number of carbonyl (C=O) groups excluding carboxylic acids is 1. The highest BCUT2D eigenvalue weighted by Crippen LogP contribution is 2.36. The first-order chi connectivity index (χ1) is 18.9. The minimum absolute atomic E-state index is 0.0260. The Hall–Kier alpha value is -3.79. The van der Waals surface area contributed by atoms with Gasteiger partial charge >= 0.3 is 24.3 Å². The van der Waals surface area contributed by atoms with Crippen molar-refractivity contribution >= 4 is 17.8 Å². The number of hydrogen-bond acceptors (Lipinski definition) is 7. The SMILES string of the molecule is Cc1cccc(C(=O)N2CC3(CC(OCc4cnccc4C)CCO3)C2)n1.O=C(O)C(F)(F)F.O=C(O)C(F)(F)F. The van der Waals surface area contributed by atoms with Gasteiger partial charge in [-0.05, 0) is 49.6 Å². The summed E-state index contributed by atoms with van der Waals surface area (Å²) in [6.45, 7) is 6.41. The number of alkyl halides is 6. The van der Waals surface area contributed by atoms with Crippen LogP contribution in [-0.4, -0.2) is 86.7 Å². The maximum atomic E-state index is 12.6. The maximum absolute atomic E-state index is 12.6. The molecule has 4 rings (SSSR count). The number of carboxylic acids is 2. The van der Waals surface area contributed by atoms with Gasteiger partial charge in [0.2, 0.25) is 0 Å². The van der Waals surface area contributed by atoms with Crippen LogP contribution < -0.4 is 0 Å². The second kappa shape index (κ2) is 13.7. The topological polar surface area (TPSA) is 139 Å². The number of aliphatic carboxylic acids is 2. The van der Waals surface area contributed by atoms with Gasteiger partial charge in [0.1, 0.15) is 11.3 Å². The second-order valence-corrected chi connectivity index (χ2v) is 9.19. The number of carbonyl (C=O) groups is 3. The van der Waals surface area contributed by atoms with Crippen molar-refractivity contribution in [3.05, 3.63) is 59.2 Å². The molecule has 0 bridgehead atoms.